The van der Waals surface area contributed by atoms with Crippen molar-refractivity contribution < 1.29 is 4.39 Å². The second-order valence-corrected chi connectivity index (χ2v) is 4.49. The second kappa shape index (κ2) is 3.58. The molecule has 1 aromatic heterocycles. The van der Waals surface area contributed by atoms with E-state index in [1.165, 1.54) is 0 Å². The number of nitrogens with zero attached hydrogens (tertiary/aromatic N) is 2. The minimum Gasteiger partial charge on any atom is -0.383 e. The van der Waals surface area contributed by atoms with Gasteiger partial charge >= 0.3 is 0 Å². The maximum absolute atomic E-state index is 14.4. The fourth-order valence-electron chi connectivity index (χ4n) is 2.48. The van der Waals surface area contributed by atoms with Gasteiger partial charge in [-0.3, -0.25) is 4.68 Å². The van der Waals surface area contributed by atoms with Crippen LogP contribution in [-0.2, 0) is 19.9 Å². The third kappa shape index (κ3) is 1.44. The molecule has 1 aliphatic rings. The minimum absolute atomic E-state index is 0.125. The maximum atomic E-state index is 14.4. The van der Waals surface area contributed by atoms with E-state index in [1.54, 1.807) is 17.9 Å². The highest BCUT2D eigenvalue weighted by Gasteiger charge is 2.20. The van der Waals surface area contributed by atoms with Crippen molar-refractivity contribution in [3.8, 4) is 11.1 Å². The molecule has 88 valence electrons. The fourth-order valence-corrected chi connectivity index (χ4v) is 2.48. The van der Waals surface area contributed by atoms with E-state index < -0.39 is 0 Å². The zero-order chi connectivity index (χ0) is 12.0. The van der Waals surface area contributed by atoms with Gasteiger partial charge < -0.3 is 5.73 Å². The number of hydrogen-bond donors (Lipinski definition) is 1. The first-order valence-corrected chi connectivity index (χ1v) is 5.76. The van der Waals surface area contributed by atoms with Crippen molar-refractivity contribution in [2.24, 2.45) is 7.05 Å². The number of aromatic nitrogens is 2. The van der Waals surface area contributed by atoms with Gasteiger partial charge in [0, 0.05) is 18.2 Å². The lowest BCUT2D eigenvalue weighted by atomic mass is 10.0. The van der Waals surface area contributed by atoms with Gasteiger partial charge in [-0.25, -0.2) is 4.39 Å². The molecule has 0 spiro atoms. The Kier molecular flexibility index (Phi) is 2.18. The zero-order valence-corrected chi connectivity index (χ0v) is 9.70. The van der Waals surface area contributed by atoms with Crippen LogP contribution in [0, 0.1) is 5.82 Å². The number of nitrogens with two attached hydrogens (primary N) is 1. The first-order valence-electron chi connectivity index (χ1n) is 5.76. The monoisotopic (exact) mass is 231 g/mol. The molecule has 3 nitrogen and oxygen atoms in total. The highest BCUT2D eigenvalue weighted by atomic mass is 19.1. The lowest BCUT2D eigenvalue weighted by molar-refractivity contribution is 0.616. The van der Waals surface area contributed by atoms with Crippen LogP contribution in [-0.4, -0.2) is 9.78 Å². The van der Waals surface area contributed by atoms with Gasteiger partial charge in [0.15, 0.2) is 0 Å². The molecule has 2 aromatic rings. The summed E-state index contributed by atoms with van der Waals surface area (Å²) in [7, 11) is 1.75. The molecule has 0 fully saturated rings. The van der Waals surface area contributed by atoms with Crippen LogP contribution in [0.5, 0.6) is 0 Å². The van der Waals surface area contributed by atoms with Gasteiger partial charge in [0.1, 0.15) is 11.6 Å². The van der Waals surface area contributed by atoms with Crippen LogP contribution in [0.2, 0.25) is 0 Å². The summed E-state index contributed by atoms with van der Waals surface area (Å²) in [5.41, 5.74) is 9.11. The Hall–Kier alpha value is -1.84. The van der Waals surface area contributed by atoms with E-state index in [1.807, 2.05) is 12.1 Å². The van der Waals surface area contributed by atoms with Crippen molar-refractivity contribution in [3.63, 3.8) is 0 Å². The Morgan fingerprint density at radius 2 is 2.12 bits per heavy atom. The summed E-state index contributed by atoms with van der Waals surface area (Å²) in [4.78, 5) is 0. The van der Waals surface area contributed by atoms with Crippen molar-refractivity contribution in [2.45, 2.75) is 19.3 Å². The van der Waals surface area contributed by atoms with Gasteiger partial charge in [-0.1, -0.05) is 12.1 Å². The van der Waals surface area contributed by atoms with Gasteiger partial charge in [-0.05, 0) is 30.4 Å². The molecule has 0 radical (unpaired) electrons. The van der Waals surface area contributed by atoms with Crippen molar-refractivity contribution >= 4 is 5.82 Å². The van der Waals surface area contributed by atoms with E-state index in [9.17, 15) is 4.39 Å². The molecule has 0 aliphatic heterocycles. The topological polar surface area (TPSA) is 43.8 Å². The number of aryl methyl sites for hydroxylation is 2. The second-order valence-electron chi connectivity index (χ2n) is 4.49. The number of anilines is 1. The molecule has 4 heteroatoms. The Morgan fingerprint density at radius 1 is 1.29 bits per heavy atom. The Balaban J connectivity index is 2.19. The number of hydrogen-bond acceptors (Lipinski definition) is 2. The molecule has 0 saturated carbocycles. The molecule has 0 saturated heterocycles. The number of fused-ring (bicyclic) bond motifs is 1. The molecule has 1 aliphatic carbocycles. The van der Waals surface area contributed by atoms with Crippen LogP contribution >= 0.6 is 0 Å². The van der Waals surface area contributed by atoms with Crippen LogP contribution in [0.4, 0.5) is 10.2 Å². The fraction of sp³-hybridized carbons (Fsp3) is 0.308. The van der Waals surface area contributed by atoms with Crippen LogP contribution in [0.1, 0.15) is 17.5 Å². The van der Waals surface area contributed by atoms with Gasteiger partial charge in [-0.15, -0.1) is 0 Å². The number of nitrogen functional groups attached to an aromatic ring is 1. The van der Waals surface area contributed by atoms with E-state index in [2.05, 4.69) is 5.10 Å². The molecule has 0 atom stereocenters. The van der Waals surface area contributed by atoms with Crippen LogP contribution in [0.15, 0.2) is 18.3 Å². The van der Waals surface area contributed by atoms with Crippen molar-refractivity contribution in [1.29, 1.82) is 0 Å². The quantitative estimate of drug-likeness (QED) is 0.818. The average Bonchev–Trinajstić information content (AvgIpc) is 2.90. The molecule has 0 bridgehead atoms. The van der Waals surface area contributed by atoms with E-state index >= 15 is 0 Å². The van der Waals surface area contributed by atoms with E-state index in [0.29, 0.717) is 16.9 Å². The molecule has 0 unspecified atom stereocenters. The predicted octanol–water partition coefficient (Wildman–Crippen LogP) is 2.30. The smallest absolute Gasteiger partial charge is 0.134 e. The normalized spacial score (nSPS) is 14.0. The maximum Gasteiger partial charge on any atom is 0.134 e. The molecule has 0 amide bonds. The van der Waals surface area contributed by atoms with Gasteiger partial charge in [-0.2, -0.15) is 5.10 Å². The van der Waals surface area contributed by atoms with E-state index in [4.69, 9.17) is 5.73 Å². The average molecular weight is 231 g/mol. The highest BCUT2D eigenvalue weighted by Crippen LogP contribution is 2.34. The SMILES string of the molecule is Cn1ncc(-c2ccc3c(c2F)CCC3)c1N. The summed E-state index contributed by atoms with van der Waals surface area (Å²) in [6.45, 7) is 0. The summed E-state index contributed by atoms with van der Waals surface area (Å²) in [6, 6.07) is 3.82. The molecular formula is C13H14FN3. The third-order valence-electron chi connectivity index (χ3n) is 3.49. The molecule has 1 aromatic carbocycles. The number of halogens is 1. The Bertz CT molecular complexity index is 587. The van der Waals surface area contributed by atoms with Crippen molar-refractivity contribution in [2.75, 3.05) is 5.73 Å². The zero-order valence-electron chi connectivity index (χ0n) is 9.70. The Labute approximate surface area is 99.1 Å². The lowest BCUT2D eigenvalue weighted by Crippen LogP contribution is -1.99. The lowest BCUT2D eigenvalue weighted by Gasteiger charge is -2.07. The summed E-state index contributed by atoms with van der Waals surface area (Å²) >= 11 is 0. The first kappa shape index (κ1) is 10.3. The summed E-state index contributed by atoms with van der Waals surface area (Å²) in [5.74, 6) is 0.376. The Morgan fingerprint density at radius 3 is 2.82 bits per heavy atom. The number of rotatable bonds is 1. The largest absolute Gasteiger partial charge is 0.383 e. The molecular weight excluding hydrogens is 217 g/mol. The first-order chi connectivity index (χ1) is 8.18. The minimum atomic E-state index is -0.125. The summed E-state index contributed by atoms with van der Waals surface area (Å²) in [5, 5.41) is 4.05. The van der Waals surface area contributed by atoms with Gasteiger partial charge in [0.2, 0.25) is 0 Å². The van der Waals surface area contributed by atoms with E-state index in [-0.39, 0.29) is 5.82 Å². The molecule has 3 rings (SSSR count). The predicted molar refractivity (Wildman–Crippen MR) is 65.0 cm³/mol. The van der Waals surface area contributed by atoms with Gasteiger partial charge in [0.25, 0.3) is 0 Å². The van der Waals surface area contributed by atoms with Crippen molar-refractivity contribution in [3.05, 3.63) is 35.3 Å². The molecule has 1 heterocycles. The molecule has 17 heavy (non-hydrogen) atoms. The molecule has 2 N–H and O–H groups in total. The van der Waals surface area contributed by atoms with Crippen LogP contribution in [0.25, 0.3) is 11.1 Å². The third-order valence-corrected chi connectivity index (χ3v) is 3.49. The summed E-state index contributed by atoms with van der Waals surface area (Å²) < 4.78 is 15.9. The number of benzene rings is 1. The van der Waals surface area contributed by atoms with Crippen LogP contribution in [0.3, 0.4) is 0 Å². The van der Waals surface area contributed by atoms with Gasteiger partial charge in [0.05, 0.1) is 6.20 Å². The summed E-state index contributed by atoms with van der Waals surface area (Å²) in [6.07, 6.45) is 4.47. The van der Waals surface area contributed by atoms with Crippen LogP contribution < -0.4 is 5.73 Å². The van der Waals surface area contributed by atoms with Crippen molar-refractivity contribution in [1.82, 2.24) is 9.78 Å². The van der Waals surface area contributed by atoms with E-state index in [0.717, 1.165) is 30.4 Å². The highest BCUT2D eigenvalue weighted by molar-refractivity contribution is 5.75. The standard InChI is InChI=1S/C13H14FN3/c1-17-13(15)11(7-16-17)10-6-5-8-3-2-4-9(8)12(10)14/h5-7H,2-4,15H2,1H3.